The highest BCUT2D eigenvalue weighted by Crippen LogP contribution is 2.31. The predicted molar refractivity (Wildman–Crippen MR) is 52.5 cm³/mol. The van der Waals surface area contributed by atoms with Crippen LogP contribution >= 0.6 is 11.6 Å². The van der Waals surface area contributed by atoms with Crippen LogP contribution in [0.2, 0.25) is 0 Å². The van der Waals surface area contributed by atoms with Crippen LogP contribution in [-0.2, 0) is 0 Å². The van der Waals surface area contributed by atoms with E-state index in [-0.39, 0.29) is 0 Å². The average Bonchev–Trinajstić information content (AvgIpc) is 2.17. The normalized spacial score (nSPS) is 11.2. The molecule has 1 rings (SSSR count). The monoisotopic (exact) mass is 284 g/mol. The third-order valence-electron chi connectivity index (χ3n) is 1.86. The van der Waals surface area contributed by atoms with Crippen molar-refractivity contribution in [2.75, 3.05) is 0 Å². The van der Waals surface area contributed by atoms with Gasteiger partial charge in [0.1, 0.15) is 11.8 Å². The highest BCUT2D eigenvalue weighted by Gasteiger charge is 2.34. The molecule has 1 aromatic heterocycles. The van der Waals surface area contributed by atoms with Crippen LogP contribution in [0.15, 0.2) is 6.20 Å². The van der Waals surface area contributed by atoms with E-state index in [0.717, 1.165) is 6.92 Å². The lowest BCUT2D eigenvalue weighted by molar-refractivity contribution is -0.385. The van der Waals surface area contributed by atoms with Gasteiger partial charge in [0.05, 0.1) is 4.92 Å². The quantitative estimate of drug-likeness (QED) is 0.484. The first-order valence-electron chi connectivity index (χ1n) is 4.23. The molecule has 0 atom stereocenters. The van der Waals surface area contributed by atoms with Crippen molar-refractivity contribution in [3.05, 3.63) is 27.4 Å². The van der Waals surface area contributed by atoms with Crippen LogP contribution in [0, 0.1) is 17.0 Å². The maximum Gasteiger partial charge on any atom is 0.574 e. The average molecular weight is 285 g/mol. The van der Waals surface area contributed by atoms with Crippen LogP contribution in [0.3, 0.4) is 0 Å². The van der Waals surface area contributed by atoms with Crippen molar-refractivity contribution in [3.63, 3.8) is 0 Å². The third kappa shape index (κ3) is 3.06. The Morgan fingerprint density at radius 3 is 2.50 bits per heavy atom. The summed E-state index contributed by atoms with van der Waals surface area (Å²) in [6, 6.07) is 0. The van der Waals surface area contributed by atoms with Gasteiger partial charge in [-0.25, -0.2) is 4.98 Å². The minimum atomic E-state index is -5.03. The lowest BCUT2D eigenvalue weighted by atomic mass is 10.1. The van der Waals surface area contributed by atoms with E-state index in [2.05, 4.69) is 9.72 Å². The third-order valence-corrected chi connectivity index (χ3v) is 2.05. The smallest absolute Gasteiger partial charge is 0.388 e. The zero-order valence-corrected chi connectivity index (χ0v) is 9.37. The van der Waals surface area contributed by atoms with Crippen molar-refractivity contribution >= 4 is 22.5 Å². The van der Waals surface area contributed by atoms with Crippen LogP contribution in [0.5, 0.6) is 5.88 Å². The molecule has 10 heteroatoms. The lowest BCUT2D eigenvalue weighted by Crippen LogP contribution is -2.19. The van der Waals surface area contributed by atoms with Gasteiger partial charge in [-0.15, -0.1) is 13.2 Å². The summed E-state index contributed by atoms with van der Waals surface area (Å²) in [6.07, 6.45) is -4.55. The minimum absolute atomic E-state index is 0.457. The molecule has 0 radical (unpaired) electrons. The highest BCUT2D eigenvalue weighted by atomic mass is 35.5. The zero-order chi connectivity index (χ0) is 14.1. The fraction of sp³-hybridized carbons (Fsp3) is 0.250. The van der Waals surface area contributed by atoms with Crippen LogP contribution in [0.25, 0.3) is 0 Å². The molecule has 1 aromatic rings. The molecule has 6 nitrogen and oxygen atoms in total. The van der Waals surface area contributed by atoms with Crippen LogP contribution in [-0.4, -0.2) is 21.5 Å². The minimum Gasteiger partial charge on any atom is -0.388 e. The molecule has 0 saturated heterocycles. The largest absolute Gasteiger partial charge is 0.574 e. The SMILES string of the molecule is Cc1c(OC(F)(F)F)ncc([N+](=O)[O-])c1C(=O)Cl. The second-order valence-electron chi connectivity index (χ2n) is 3.03. The molecule has 0 bridgehead atoms. The first kappa shape index (κ1) is 14.2. The van der Waals surface area contributed by atoms with Gasteiger partial charge in [-0.2, -0.15) is 0 Å². The molecular weight excluding hydrogens is 281 g/mol. The number of nitro groups is 1. The number of pyridine rings is 1. The van der Waals surface area contributed by atoms with Crippen LogP contribution < -0.4 is 4.74 Å². The number of rotatable bonds is 3. The topological polar surface area (TPSA) is 82.3 Å². The van der Waals surface area contributed by atoms with Crippen LogP contribution in [0.4, 0.5) is 18.9 Å². The first-order valence-corrected chi connectivity index (χ1v) is 4.61. The Morgan fingerprint density at radius 1 is 1.56 bits per heavy atom. The lowest BCUT2D eigenvalue weighted by Gasteiger charge is -2.11. The van der Waals surface area contributed by atoms with E-state index in [4.69, 9.17) is 11.6 Å². The molecular formula is C8H4ClF3N2O4. The molecule has 0 amide bonds. The molecule has 0 N–H and O–H groups in total. The molecule has 98 valence electrons. The maximum absolute atomic E-state index is 12.0. The summed E-state index contributed by atoms with van der Waals surface area (Å²) >= 11 is 5.09. The van der Waals surface area contributed by atoms with Crippen molar-refractivity contribution in [1.29, 1.82) is 0 Å². The maximum atomic E-state index is 12.0. The molecule has 0 unspecified atom stereocenters. The van der Waals surface area contributed by atoms with E-state index >= 15 is 0 Å². The van der Waals surface area contributed by atoms with Crippen LogP contribution in [0.1, 0.15) is 15.9 Å². The second-order valence-corrected chi connectivity index (χ2v) is 3.37. The second kappa shape index (κ2) is 4.77. The van der Waals surface area contributed by atoms with E-state index in [1.54, 1.807) is 0 Å². The molecule has 0 aliphatic carbocycles. The molecule has 0 aliphatic heterocycles. The predicted octanol–water partition coefficient (Wildman–Crippen LogP) is 2.58. The fourth-order valence-electron chi connectivity index (χ4n) is 1.18. The van der Waals surface area contributed by atoms with E-state index < -0.39 is 39.2 Å². The Balaban J connectivity index is 3.40. The van der Waals surface area contributed by atoms with Crippen molar-refractivity contribution < 1.29 is 27.6 Å². The summed E-state index contributed by atoms with van der Waals surface area (Å²) in [7, 11) is 0. The summed E-state index contributed by atoms with van der Waals surface area (Å²) in [5, 5.41) is 9.30. The number of aromatic nitrogens is 1. The number of hydrogen-bond donors (Lipinski definition) is 0. The summed E-state index contributed by atoms with van der Waals surface area (Å²) in [6.45, 7) is 1.01. The number of nitrogens with zero attached hydrogens (tertiary/aromatic N) is 2. The molecule has 0 aliphatic rings. The van der Waals surface area contributed by atoms with Gasteiger partial charge < -0.3 is 4.74 Å². The van der Waals surface area contributed by atoms with E-state index in [1.165, 1.54) is 0 Å². The number of alkyl halides is 3. The Labute approximate surface area is 102 Å². The summed E-state index contributed by atoms with van der Waals surface area (Å²) in [4.78, 5) is 23.7. The van der Waals surface area contributed by atoms with Gasteiger partial charge in [-0.05, 0) is 18.5 Å². The van der Waals surface area contributed by atoms with Gasteiger partial charge in [0.2, 0.25) is 5.88 Å². The number of carbonyl (C=O) groups is 1. The van der Waals surface area contributed by atoms with Gasteiger partial charge in [0.15, 0.2) is 0 Å². The first-order chi connectivity index (χ1) is 8.13. The Bertz CT molecular complexity index is 518. The molecule has 0 aromatic carbocycles. The van der Waals surface area contributed by atoms with E-state index in [0.29, 0.717) is 6.20 Å². The Hall–Kier alpha value is -1.90. The van der Waals surface area contributed by atoms with Crippen molar-refractivity contribution in [2.24, 2.45) is 0 Å². The summed E-state index contributed by atoms with van der Waals surface area (Å²) < 4.78 is 39.5. The van der Waals surface area contributed by atoms with Gasteiger partial charge in [0, 0.05) is 5.56 Å². The number of carbonyl (C=O) groups excluding carboxylic acids is 1. The van der Waals surface area contributed by atoms with Gasteiger partial charge in [-0.1, -0.05) is 0 Å². The summed E-state index contributed by atoms with van der Waals surface area (Å²) in [5.74, 6) is -0.961. The van der Waals surface area contributed by atoms with Gasteiger partial charge in [-0.3, -0.25) is 14.9 Å². The molecule has 0 saturated carbocycles. The number of ether oxygens (including phenoxy) is 1. The zero-order valence-electron chi connectivity index (χ0n) is 8.62. The Kier molecular flexibility index (Phi) is 3.75. The van der Waals surface area contributed by atoms with Gasteiger partial charge in [0.25, 0.3) is 10.9 Å². The van der Waals surface area contributed by atoms with Crippen molar-refractivity contribution in [2.45, 2.75) is 13.3 Å². The fourth-order valence-corrected chi connectivity index (χ4v) is 1.42. The number of halogens is 4. The summed E-state index contributed by atoms with van der Waals surface area (Å²) in [5.41, 5.74) is -1.93. The van der Waals surface area contributed by atoms with Crippen molar-refractivity contribution in [3.8, 4) is 5.88 Å². The molecule has 1 heterocycles. The standard InChI is InChI=1S/C8H4ClF3N2O4/c1-3-5(6(9)15)4(14(16)17)2-13-7(3)18-8(10,11)12/h2H,1H3. The number of hydrogen-bond acceptors (Lipinski definition) is 5. The van der Waals surface area contributed by atoms with E-state index in [1.807, 2.05) is 0 Å². The highest BCUT2D eigenvalue weighted by molar-refractivity contribution is 6.68. The molecule has 0 spiro atoms. The Morgan fingerprint density at radius 2 is 2.11 bits per heavy atom. The molecule has 18 heavy (non-hydrogen) atoms. The van der Waals surface area contributed by atoms with E-state index in [9.17, 15) is 28.1 Å². The van der Waals surface area contributed by atoms with Gasteiger partial charge >= 0.3 is 6.36 Å². The van der Waals surface area contributed by atoms with Crippen molar-refractivity contribution in [1.82, 2.24) is 4.98 Å². The molecule has 0 fully saturated rings.